The first-order valence-electron chi connectivity index (χ1n) is 12.9. The lowest BCUT2D eigenvalue weighted by Crippen LogP contribution is -2.37. The number of benzene rings is 1. The normalized spacial score (nSPS) is 21.9. The van der Waals surface area contributed by atoms with Crippen LogP contribution in [0.3, 0.4) is 0 Å². The van der Waals surface area contributed by atoms with Crippen LogP contribution >= 0.6 is 0 Å². The smallest absolute Gasteiger partial charge is 0.260 e. The Morgan fingerprint density at radius 3 is 2.89 bits per heavy atom. The van der Waals surface area contributed by atoms with Gasteiger partial charge in [-0.05, 0) is 60.9 Å². The molecular weight excluding hydrogens is 438 g/mol. The molecule has 35 heavy (non-hydrogen) atoms. The van der Waals surface area contributed by atoms with Crippen LogP contribution in [-0.2, 0) is 17.8 Å². The van der Waals surface area contributed by atoms with Crippen LogP contribution in [0.2, 0.25) is 0 Å². The Labute approximate surface area is 204 Å². The fourth-order valence-electron chi connectivity index (χ4n) is 5.97. The molecule has 0 amide bonds. The zero-order chi connectivity index (χ0) is 23.4. The van der Waals surface area contributed by atoms with E-state index in [-0.39, 0.29) is 5.56 Å². The molecule has 2 atom stereocenters. The van der Waals surface area contributed by atoms with Gasteiger partial charge in [-0.3, -0.25) is 9.78 Å². The highest BCUT2D eigenvalue weighted by atomic mass is 16.5. The minimum Gasteiger partial charge on any atom is -0.374 e. The number of morpholine rings is 1. The second-order valence-corrected chi connectivity index (χ2v) is 10.5. The van der Waals surface area contributed by atoms with Gasteiger partial charge in [-0.15, -0.1) is 0 Å². The van der Waals surface area contributed by atoms with Crippen LogP contribution < -0.4 is 15.8 Å². The zero-order valence-electron chi connectivity index (χ0n) is 19.9. The number of anilines is 1. The van der Waals surface area contributed by atoms with E-state index in [1.807, 2.05) is 12.4 Å². The summed E-state index contributed by atoms with van der Waals surface area (Å²) in [6, 6.07) is 11.1. The van der Waals surface area contributed by atoms with Gasteiger partial charge in [-0.1, -0.05) is 18.6 Å². The highest BCUT2D eigenvalue weighted by molar-refractivity contribution is 5.93. The second-order valence-electron chi connectivity index (χ2n) is 10.5. The lowest BCUT2D eigenvalue weighted by molar-refractivity contribution is 0.0992. The Bertz CT molecular complexity index is 1450. The van der Waals surface area contributed by atoms with E-state index in [0.29, 0.717) is 24.1 Å². The van der Waals surface area contributed by atoms with Gasteiger partial charge >= 0.3 is 0 Å². The quantitative estimate of drug-likeness (QED) is 0.431. The Balaban J connectivity index is 1.12. The molecule has 0 radical (unpaired) electrons. The summed E-state index contributed by atoms with van der Waals surface area (Å²) in [4.78, 5) is 23.7. The molecule has 5 heterocycles. The van der Waals surface area contributed by atoms with Crippen molar-refractivity contribution < 1.29 is 4.74 Å². The SMILES string of the molecule is O=c1c2cncc(N3C[C@H]4C[C@@H]3CO4)c2ccn1Cc1ccc2cc(CNCC3CCC3)[nH]c2c1. The number of aromatic nitrogens is 3. The van der Waals surface area contributed by atoms with E-state index in [9.17, 15) is 4.79 Å². The van der Waals surface area contributed by atoms with Crippen LogP contribution in [0.25, 0.3) is 21.7 Å². The van der Waals surface area contributed by atoms with E-state index in [1.54, 1.807) is 10.8 Å². The van der Waals surface area contributed by atoms with Crippen LogP contribution in [0.15, 0.2) is 53.7 Å². The molecule has 0 unspecified atom stereocenters. The number of H-pyrrole nitrogens is 1. The van der Waals surface area contributed by atoms with Gasteiger partial charge in [0.2, 0.25) is 0 Å². The molecule has 1 saturated carbocycles. The lowest BCUT2D eigenvalue weighted by Gasteiger charge is -2.29. The number of hydrogen-bond acceptors (Lipinski definition) is 5. The van der Waals surface area contributed by atoms with Crippen molar-refractivity contribution in [1.29, 1.82) is 0 Å². The number of rotatable bonds is 7. The highest BCUT2D eigenvalue weighted by Gasteiger charge is 2.39. The van der Waals surface area contributed by atoms with Crippen molar-refractivity contribution in [3.05, 3.63) is 70.5 Å². The third kappa shape index (κ3) is 3.83. The average Bonchev–Trinajstić information content (AvgIpc) is 3.57. The van der Waals surface area contributed by atoms with Crippen LogP contribution in [0.1, 0.15) is 36.9 Å². The molecule has 180 valence electrons. The summed E-state index contributed by atoms with van der Waals surface area (Å²) >= 11 is 0. The molecule has 2 saturated heterocycles. The van der Waals surface area contributed by atoms with Gasteiger partial charge < -0.3 is 24.5 Å². The third-order valence-electron chi connectivity index (χ3n) is 8.16. The van der Waals surface area contributed by atoms with E-state index >= 15 is 0 Å². The summed E-state index contributed by atoms with van der Waals surface area (Å²) in [6.45, 7) is 4.14. The summed E-state index contributed by atoms with van der Waals surface area (Å²) in [6.07, 6.45) is 11.0. The molecule has 7 nitrogen and oxygen atoms in total. The summed E-state index contributed by atoms with van der Waals surface area (Å²) in [5.74, 6) is 0.858. The van der Waals surface area contributed by atoms with Crippen molar-refractivity contribution in [3.8, 4) is 0 Å². The Morgan fingerprint density at radius 2 is 2.09 bits per heavy atom. The maximum atomic E-state index is 13.4. The minimum absolute atomic E-state index is 0.00456. The first-order chi connectivity index (χ1) is 17.2. The van der Waals surface area contributed by atoms with Crippen LogP contribution in [0.4, 0.5) is 5.69 Å². The van der Waals surface area contributed by atoms with Crippen molar-refractivity contribution in [2.45, 2.75) is 50.9 Å². The topological polar surface area (TPSA) is 75.2 Å². The molecule has 3 aliphatic rings. The molecule has 4 aromatic rings. The third-order valence-corrected chi connectivity index (χ3v) is 8.16. The number of nitrogens with one attached hydrogen (secondary N) is 2. The fourth-order valence-corrected chi connectivity index (χ4v) is 5.97. The first kappa shape index (κ1) is 21.1. The van der Waals surface area contributed by atoms with Crippen molar-refractivity contribution in [2.75, 3.05) is 24.6 Å². The van der Waals surface area contributed by atoms with Crippen LogP contribution in [0, 0.1) is 5.92 Å². The fraction of sp³-hybridized carbons (Fsp3) is 0.429. The Morgan fingerprint density at radius 1 is 1.14 bits per heavy atom. The van der Waals surface area contributed by atoms with Gasteiger partial charge in [0.25, 0.3) is 5.56 Å². The van der Waals surface area contributed by atoms with E-state index in [1.165, 1.54) is 30.3 Å². The second kappa shape index (κ2) is 8.50. The van der Waals surface area contributed by atoms with Gasteiger partial charge in [-0.25, -0.2) is 0 Å². The zero-order valence-corrected chi connectivity index (χ0v) is 19.9. The number of hydrogen-bond donors (Lipinski definition) is 2. The summed E-state index contributed by atoms with van der Waals surface area (Å²) in [5, 5.41) is 6.44. The molecule has 1 aromatic carbocycles. The van der Waals surface area contributed by atoms with E-state index in [2.05, 4.69) is 50.5 Å². The molecule has 7 rings (SSSR count). The largest absolute Gasteiger partial charge is 0.374 e. The molecule has 3 fully saturated rings. The molecule has 1 aliphatic carbocycles. The maximum absolute atomic E-state index is 13.4. The predicted molar refractivity (Wildman–Crippen MR) is 138 cm³/mol. The van der Waals surface area contributed by atoms with E-state index in [0.717, 1.165) is 60.7 Å². The molecule has 2 bridgehead atoms. The van der Waals surface area contributed by atoms with Crippen LogP contribution in [-0.4, -0.2) is 46.4 Å². The molecule has 0 spiro atoms. The Kier molecular flexibility index (Phi) is 5.14. The molecule has 2 N–H and O–H groups in total. The average molecular weight is 470 g/mol. The maximum Gasteiger partial charge on any atom is 0.260 e. The van der Waals surface area contributed by atoms with Crippen molar-refractivity contribution in [2.24, 2.45) is 5.92 Å². The standard InChI is InChI=1S/C28H31N5O2/c34-28-25-13-30-14-27(33-16-23-10-22(33)17-35-23)24(25)6-7-32(28)15-19-4-5-20-9-21(31-26(20)8-19)12-29-11-18-2-1-3-18/h4-9,13-14,18,22-23,29,31H,1-3,10-12,15-17H2/t22-,23-/m1/s1. The van der Waals surface area contributed by atoms with Gasteiger partial charge in [0.05, 0.1) is 42.6 Å². The van der Waals surface area contributed by atoms with E-state index < -0.39 is 0 Å². The molecule has 7 heteroatoms. The number of ether oxygens (including phenoxy) is 1. The molecule has 3 aromatic heterocycles. The minimum atomic E-state index is 0.00456. The summed E-state index contributed by atoms with van der Waals surface area (Å²) < 4.78 is 7.55. The number of fused-ring (bicyclic) bond motifs is 4. The highest BCUT2D eigenvalue weighted by Crippen LogP contribution is 2.35. The molecule has 2 aliphatic heterocycles. The summed E-state index contributed by atoms with van der Waals surface area (Å²) in [5.41, 5.74) is 4.48. The van der Waals surface area contributed by atoms with Gasteiger partial charge in [-0.2, -0.15) is 0 Å². The predicted octanol–water partition coefficient (Wildman–Crippen LogP) is 3.79. The number of aromatic amines is 1. The van der Waals surface area contributed by atoms with Crippen molar-refractivity contribution in [1.82, 2.24) is 19.9 Å². The van der Waals surface area contributed by atoms with Crippen LogP contribution in [0.5, 0.6) is 0 Å². The van der Waals surface area contributed by atoms with Gasteiger partial charge in [0.1, 0.15) is 0 Å². The Hall–Kier alpha value is -3.16. The molecular formula is C28H31N5O2. The lowest BCUT2D eigenvalue weighted by atomic mass is 9.85. The van der Waals surface area contributed by atoms with Crippen molar-refractivity contribution in [3.63, 3.8) is 0 Å². The van der Waals surface area contributed by atoms with Gasteiger partial charge in [0, 0.05) is 42.1 Å². The number of pyridine rings is 2. The van der Waals surface area contributed by atoms with Gasteiger partial charge in [0.15, 0.2) is 0 Å². The number of nitrogens with zero attached hydrogens (tertiary/aromatic N) is 3. The van der Waals surface area contributed by atoms with E-state index in [4.69, 9.17) is 4.74 Å². The summed E-state index contributed by atoms with van der Waals surface area (Å²) in [7, 11) is 0. The van der Waals surface area contributed by atoms with Crippen molar-refractivity contribution >= 4 is 27.4 Å². The monoisotopic (exact) mass is 469 g/mol. The first-order valence-corrected chi connectivity index (χ1v) is 12.9.